The lowest BCUT2D eigenvalue weighted by molar-refractivity contribution is -0.119. The first-order valence-electron chi connectivity index (χ1n) is 6.83. The number of carboxylic acids is 1. The van der Waals surface area contributed by atoms with Crippen LogP contribution in [-0.2, 0) is 11.3 Å². The van der Waals surface area contributed by atoms with E-state index in [2.05, 4.69) is 10.2 Å². The summed E-state index contributed by atoms with van der Waals surface area (Å²) in [6, 6.07) is 3.20. The van der Waals surface area contributed by atoms with Gasteiger partial charge in [-0.25, -0.2) is 4.79 Å². The Morgan fingerprint density at radius 2 is 2.10 bits per heavy atom. The fraction of sp³-hybridized carbons (Fsp3) is 0.571. The number of likely N-dealkylation sites (tertiary alicyclic amines) is 1. The summed E-state index contributed by atoms with van der Waals surface area (Å²) < 4.78 is 5.26. The molecule has 6 heteroatoms. The molecule has 1 saturated heterocycles. The lowest BCUT2D eigenvalue weighted by Crippen LogP contribution is -2.37. The number of carbonyl (C=O) groups excluding carboxylic acids is 1. The average molecular weight is 280 g/mol. The van der Waals surface area contributed by atoms with Gasteiger partial charge in [-0.15, -0.1) is 0 Å². The molecule has 6 nitrogen and oxygen atoms in total. The Kier molecular flexibility index (Phi) is 4.79. The maximum Gasteiger partial charge on any atom is 0.371 e. The fourth-order valence-corrected chi connectivity index (χ4v) is 2.43. The first-order chi connectivity index (χ1) is 9.54. The normalized spacial score (nSPS) is 17.1. The molecule has 0 atom stereocenters. The minimum Gasteiger partial charge on any atom is -0.475 e. The van der Waals surface area contributed by atoms with Crippen LogP contribution in [0.1, 0.15) is 36.1 Å². The van der Waals surface area contributed by atoms with Gasteiger partial charge in [0.05, 0.1) is 6.54 Å². The Bertz CT molecular complexity index is 475. The van der Waals surface area contributed by atoms with E-state index in [4.69, 9.17) is 9.52 Å². The van der Waals surface area contributed by atoms with Crippen molar-refractivity contribution in [3.63, 3.8) is 0 Å². The van der Waals surface area contributed by atoms with Crippen LogP contribution in [0.4, 0.5) is 0 Å². The number of hydrogen-bond acceptors (Lipinski definition) is 4. The molecular formula is C14H20N2O4. The summed E-state index contributed by atoms with van der Waals surface area (Å²) in [6.45, 7) is 4.79. The predicted molar refractivity (Wildman–Crippen MR) is 72.4 cm³/mol. The van der Waals surface area contributed by atoms with E-state index in [0.29, 0.717) is 18.2 Å². The summed E-state index contributed by atoms with van der Waals surface area (Å²) in [5, 5.41) is 11.7. The van der Waals surface area contributed by atoms with Crippen molar-refractivity contribution in [1.82, 2.24) is 10.2 Å². The second-order valence-corrected chi connectivity index (χ2v) is 5.23. The van der Waals surface area contributed by atoms with Crippen molar-refractivity contribution < 1.29 is 19.1 Å². The summed E-state index contributed by atoms with van der Waals surface area (Å²) in [5.74, 6) is 0.180. The van der Waals surface area contributed by atoms with Gasteiger partial charge in [-0.3, -0.25) is 9.69 Å². The topological polar surface area (TPSA) is 82.8 Å². The van der Waals surface area contributed by atoms with Crippen LogP contribution in [0.25, 0.3) is 0 Å². The largest absolute Gasteiger partial charge is 0.475 e. The van der Waals surface area contributed by atoms with Crippen LogP contribution < -0.4 is 5.32 Å². The van der Waals surface area contributed by atoms with Crippen LogP contribution in [-0.4, -0.2) is 41.5 Å². The van der Waals surface area contributed by atoms with Gasteiger partial charge >= 0.3 is 5.97 Å². The zero-order chi connectivity index (χ0) is 14.5. The first-order valence-corrected chi connectivity index (χ1v) is 6.83. The predicted octanol–water partition coefficient (Wildman–Crippen LogP) is 1.33. The molecule has 2 rings (SSSR count). The fourth-order valence-electron chi connectivity index (χ4n) is 2.43. The first kappa shape index (κ1) is 14.6. The number of furan rings is 1. The summed E-state index contributed by atoms with van der Waals surface area (Å²) >= 11 is 0. The molecule has 1 aliphatic heterocycles. The maximum atomic E-state index is 10.9. The number of nitrogens with zero attached hydrogens (tertiary/aromatic N) is 1. The van der Waals surface area contributed by atoms with Crippen LogP contribution >= 0.6 is 0 Å². The molecule has 0 aromatic carbocycles. The van der Waals surface area contributed by atoms with Gasteiger partial charge in [0.15, 0.2) is 0 Å². The van der Waals surface area contributed by atoms with Crippen molar-refractivity contribution >= 4 is 11.9 Å². The average Bonchev–Trinajstić information content (AvgIpc) is 2.86. The molecular weight excluding hydrogens is 260 g/mol. The SMILES string of the molecule is CC(=O)NCC1CCN(Cc2ccc(C(=O)O)o2)CC1. The lowest BCUT2D eigenvalue weighted by atomic mass is 9.97. The number of hydrogen-bond donors (Lipinski definition) is 2. The van der Waals surface area contributed by atoms with Crippen LogP contribution in [0.3, 0.4) is 0 Å². The molecule has 0 unspecified atom stereocenters. The number of rotatable bonds is 5. The molecule has 1 fully saturated rings. The summed E-state index contributed by atoms with van der Waals surface area (Å²) in [5.41, 5.74) is 0. The highest BCUT2D eigenvalue weighted by Crippen LogP contribution is 2.19. The highest BCUT2D eigenvalue weighted by molar-refractivity contribution is 5.84. The highest BCUT2D eigenvalue weighted by atomic mass is 16.4. The summed E-state index contributed by atoms with van der Waals surface area (Å²) in [4.78, 5) is 23.8. The molecule has 2 N–H and O–H groups in total. The van der Waals surface area contributed by atoms with E-state index in [1.54, 1.807) is 6.07 Å². The number of carboxylic acid groups (broad SMARTS) is 1. The molecule has 1 amide bonds. The van der Waals surface area contributed by atoms with E-state index in [0.717, 1.165) is 32.5 Å². The number of nitrogens with one attached hydrogen (secondary N) is 1. The third-order valence-electron chi connectivity index (χ3n) is 3.60. The van der Waals surface area contributed by atoms with Gasteiger partial charge in [0, 0.05) is 13.5 Å². The zero-order valence-corrected chi connectivity index (χ0v) is 11.6. The Balaban J connectivity index is 1.76. The van der Waals surface area contributed by atoms with Crippen LogP contribution in [0.15, 0.2) is 16.5 Å². The van der Waals surface area contributed by atoms with Crippen molar-refractivity contribution in [2.45, 2.75) is 26.3 Å². The molecule has 0 spiro atoms. The van der Waals surface area contributed by atoms with Gasteiger partial charge in [0.1, 0.15) is 5.76 Å². The van der Waals surface area contributed by atoms with Gasteiger partial charge < -0.3 is 14.8 Å². The van der Waals surface area contributed by atoms with Crippen LogP contribution in [0, 0.1) is 5.92 Å². The number of piperidine rings is 1. The molecule has 1 aromatic heterocycles. The zero-order valence-electron chi connectivity index (χ0n) is 11.6. The molecule has 2 heterocycles. The number of carbonyl (C=O) groups is 2. The van der Waals surface area contributed by atoms with Crippen molar-refractivity contribution in [3.05, 3.63) is 23.7 Å². The van der Waals surface area contributed by atoms with Crippen molar-refractivity contribution in [3.8, 4) is 0 Å². The lowest BCUT2D eigenvalue weighted by Gasteiger charge is -2.31. The third-order valence-corrected chi connectivity index (χ3v) is 3.60. The second kappa shape index (κ2) is 6.56. The van der Waals surface area contributed by atoms with E-state index in [-0.39, 0.29) is 11.7 Å². The Morgan fingerprint density at radius 3 is 2.65 bits per heavy atom. The van der Waals surface area contributed by atoms with Gasteiger partial charge in [-0.2, -0.15) is 0 Å². The molecule has 1 aromatic rings. The summed E-state index contributed by atoms with van der Waals surface area (Å²) in [7, 11) is 0. The van der Waals surface area contributed by atoms with E-state index in [9.17, 15) is 9.59 Å². The quantitative estimate of drug-likeness (QED) is 0.850. The summed E-state index contributed by atoms with van der Waals surface area (Å²) in [6.07, 6.45) is 2.07. The smallest absolute Gasteiger partial charge is 0.371 e. The van der Waals surface area contributed by atoms with E-state index >= 15 is 0 Å². The van der Waals surface area contributed by atoms with Gasteiger partial charge in [0.25, 0.3) is 0 Å². The van der Waals surface area contributed by atoms with Crippen molar-refractivity contribution in [2.24, 2.45) is 5.92 Å². The molecule has 0 aliphatic carbocycles. The standard InChI is InChI=1S/C14H20N2O4/c1-10(17)15-8-11-4-6-16(7-5-11)9-12-2-3-13(20-12)14(18)19/h2-3,11H,4-9H2,1H3,(H,15,17)(H,18,19). The van der Waals surface area contributed by atoms with E-state index in [1.165, 1.54) is 13.0 Å². The highest BCUT2D eigenvalue weighted by Gasteiger charge is 2.20. The monoisotopic (exact) mass is 280 g/mol. The van der Waals surface area contributed by atoms with Crippen molar-refractivity contribution in [1.29, 1.82) is 0 Å². The molecule has 0 saturated carbocycles. The van der Waals surface area contributed by atoms with Gasteiger partial charge in [-0.05, 0) is 44.0 Å². The van der Waals surface area contributed by atoms with E-state index < -0.39 is 5.97 Å². The van der Waals surface area contributed by atoms with E-state index in [1.807, 2.05) is 0 Å². The Labute approximate surface area is 117 Å². The van der Waals surface area contributed by atoms with Gasteiger partial charge in [-0.1, -0.05) is 0 Å². The maximum absolute atomic E-state index is 10.9. The van der Waals surface area contributed by atoms with Crippen LogP contribution in [0.5, 0.6) is 0 Å². The molecule has 0 bridgehead atoms. The molecule has 110 valence electrons. The second-order valence-electron chi connectivity index (χ2n) is 5.23. The Hall–Kier alpha value is -1.82. The van der Waals surface area contributed by atoms with Crippen LogP contribution in [0.2, 0.25) is 0 Å². The third kappa shape index (κ3) is 4.09. The minimum atomic E-state index is -1.04. The molecule has 1 aliphatic rings. The van der Waals surface area contributed by atoms with Gasteiger partial charge in [0.2, 0.25) is 11.7 Å². The minimum absolute atomic E-state index is 0.0134. The number of amides is 1. The molecule has 0 radical (unpaired) electrons. The Morgan fingerprint density at radius 1 is 1.40 bits per heavy atom. The number of aromatic carboxylic acids is 1. The van der Waals surface area contributed by atoms with Crippen molar-refractivity contribution in [2.75, 3.05) is 19.6 Å². The molecule has 20 heavy (non-hydrogen) atoms.